The molecule has 2 nitrogen and oxygen atoms in total. The Hall–Kier alpha value is -0.0800. The van der Waals surface area contributed by atoms with Crippen LogP contribution in [0.15, 0.2) is 0 Å². The molecule has 0 aliphatic rings. The minimum Gasteiger partial charge on any atom is -0.385 e. The van der Waals surface area contributed by atoms with Gasteiger partial charge < -0.3 is 9.84 Å². The first-order chi connectivity index (χ1) is 2.77. The lowest BCUT2D eigenvalue weighted by atomic mass is 10.5. The molecule has 0 aromatic carbocycles. The molecule has 0 spiro atoms. The first-order valence-electron chi connectivity index (χ1n) is 1.77. The highest BCUT2D eigenvalue weighted by Gasteiger charge is 1.89. The molecule has 0 bridgehead atoms. The van der Waals surface area contributed by atoms with Gasteiger partial charge in [-0.15, -0.1) is 0 Å². The first-order valence-corrected chi connectivity index (χ1v) is 1.77. The molecule has 0 aromatic heterocycles. The summed E-state index contributed by atoms with van der Waals surface area (Å²) in [5, 5.41) is 8.34. The van der Waals surface area contributed by atoms with E-state index in [0.717, 1.165) is 0 Å². The zero-order chi connectivity index (χ0) is 4.99. The van der Waals surface area contributed by atoms with E-state index in [2.05, 4.69) is 4.74 Å². The minimum atomic E-state index is 0.317. The Bertz CT molecular complexity index is 26.7. The fourth-order valence-corrected chi connectivity index (χ4v) is 0.209. The fraction of sp³-hybridized carbons (Fsp3) is 0.750. The van der Waals surface area contributed by atoms with E-state index in [1.165, 1.54) is 0 Å². The molecule has 0 amide bonds. The second-order valence-electron chi connectivity index (χ2n) is 1.17. The van der Waals surface area contributed by atoms with Gasteiger partial charge in [0.1, 0.15) is 6.10 Å². The van der Waals surface area contributed by atoms with E-state index in [0.29, 0.717) is 12.7 Å². The highest BCUT2D eigenvalue weighted by molar-refractivity contribution is 4.63. The lowest BCUT2D eigenvalue weighted by Gasteiger charge is -1.95. The Balaban J connectivity index is 2.63. The molecular weight excluding hydrogens is 80.0 g/mol. The molecule has 0 heterocycles. The summed E-state index contributed by atoms with van der Waals surface area (Å²) in [6, 6.07) is 0. The summed E-state index contributed by atoms with van der Waals surface area (Å²) in [5.41, 5.74) is 0. The summed E-state index contributed by atoms with van der Waals surface area (Å²) in [6.07, 6.45) is 0.317. The van der Waals surface area contributed by atoms with E-state index >= 15 is 0 Å². The van der Waals surface area contributed by atoms with Crippen LogP contribution in [-0.2, 0) is 4.74 Å². The second-order valence-corrected chi connectivity index (χ2v) is 1.17. The third-order valence-electron chi connectivity index (χ3n) is 0.353. The van der Waals surface area contributed by atoms with Crippen molar-refractivity contribution in [3.05, 3.63) is 6.10 Å². The summed E-state index contributed by atoms with van der Waals surface area (Å²) >= 11 is 0. The Morgan fingerprint density at radius 3 is 2.33 bits per heavy atom. The minimum absolute atomic E-state index is 0.317. The monoisotopic (exact) mass is 89.1 g/mol. The molecule has 0 saturated carbocycles. The smallest absolute Gasteiger partial charge is 0.116 e. The summed E-state index contributed by atoms with van der Waals surface area (Å²) in [7, 11) is 1.54. The maximum absolute atomic E-state index is 8.34. The number of hydrogen-bond acceptors (Lipinski definition) is 2. The summed E-state index contributed by atoms with van der Waals surface area (Å²) in [5.74, 6) is 0. The Morgan fingerprint density at radius 1 is 1.83 bits per heavy atom. The van der Waals surface area contributed by atoms with E-state index < -0.39 is 0 Å². The van der Waals surface area contributed by atoms with Crippen LogP contribution < -0.4 is 0 Å². The highest BCUT2D eigenvalue weighted by atomic mass is 16.5. The SMILES string of the molecule is COC[C](C)O. The molecule has 1 radical (unpaired) electrons. The average molecular weight is 89.1 g/mol. The van der Waals surface area contributed by atoms with Crippen LogP contribution >= 0.6 is 0 Å². The standard InChI is InChI=1S/C4H9O2/c1-4(5)3-6-2/h5H,3H2,1-2H3. The van der Waals surface area contributed by atoms with Gasteiger partial charge in [0, 0.05) is 7.11 Å². The van der Waals surface area contributed by atoms with Gasteiger partial charge in [-0.05, 0) is 6.92 Å². The van der Waals surface area contributed by atoms with Crippen LogP contribution in [0.3, 0.4) is 0 Å². The third kappa shape index (κ3) is 3.92. The van der Waals surface area contributed by atoms with Gasteiger partial charge >= 0.3 is 0 Å². The van der Waals surface area contributed by atoms with Gasteiger partial charge in [0.15, 0.2) is 0 Å². The molecule has 0 saturated heterocycles. The molecule has 0 unspecified atom stereocenters. The Labute approximate surface area is 37.7 Å². The van der Waals surface area contributed by atoms with Crippen LogP contribution in [0, 0.1) is 6.10 Å². The van der Waals surface area contributed by atoms with Crippen LogP contribution in [0.25, 0.3) is 0 Å². The largest absolute Gasteiger partial charge is 0.385 e. The number of aliphatic hydroxyl groups excluding tert-OH is 1. The highest BCUT2D eigenvalue weighted by Crippen LogP contribution is 1.86. The first kappa shape index (κ1) is 5.92. The second kappa shape index (κ2) is 3.12. The zero-order valence-electron chi connectivity index (χ0n) is 4.06. The van der Waals surface area contributed by atoms with Gasteiger partial charge in [-0.1, -0.05) is 0 Å². The van der Waals surface area contributed by atoms with Crippen LogP contribution in [0.1, 0.15) is 6.92 Å². The molecule has 37 valence electrons. The predicted molar refractivity (Wildman–Crippen MR) is 22.7 cm³/mol. The number of rotatable bonds is 2. The van der Waals surface area contributed by atoms with E-state index in [1.807, 2.05) is 0 Å². The van der Waals surface area contributed by atoms with Crippen molar-refractivity contribution in [3.63, 3.8) is 0 Å². The topological polar surface area (TPSA) is 29.5 Å². The average Bonchev–Trinajstić information content (AvgIpc) is 1.35. The molecule has 2 heteroatoms. The Morgan fingerprint density at radius 2 is 2.33 bits per heavy atom. The number of ether oxygens (including phenoxy) is 1. The zero-order valence-corrected chi connectivity index (χ0v) is 4.06. The van der Waals surface area contributed by atoms with Crippen molar-refractivity contribution < 1.29 is 9.84 Å². The van der Waals surface area contributed by atoms with E-state index in [-0.39, 0.29) is 0 Å². The lowest BCUT2D eigenvalue weighted by molar-refractivity contribution is 0.142. The van der Waals surface area contributed by atoms with Crippen molar-refractivity contribution in [2.45, 2.75) is 6.92 Å². The molecule has 0 aromatic rings. The molecule has 0 atom stereocenters. The number of hydrogen-bond donors (Lipinski definition) is 1. The molecule has 1 N–H and O–H groups in total. The van der Waals surface area contributed by atoms with Gasteiger partial charge in [-0.3, -0.25) is 0 Å². The maximum atomic E-state index is 8.34. The van der Waals surface area contributed by atoms with Crippen LogP contribution in [0.4, 0.5) is 0 Å². The van der Waals surface area contributed by atoms with Crippen molar-refractivity contribution in [1.29, 1.82) is 0 Å². The molecule has 0 fully saturated rings. The summed E-state index contributed by atoms with van der Waals surface area (Å²) in [6.45, 7) is 1.95. The van der Waals surface area contributed by atoms with E-state index in [9.17, 15) is 0 Å². The van der Waals surface area contributed by atoms with Gasteiger partial charge in [-0.2, -0.15) is 0 Å². The van der Waals surface area contributed by atoms with Crippen molar-refractivity contribution in [2.24, 2.45) is 0 Å². The van der Waals surface area contributed by atoms with Gasteiger partial charge in [-0.25, -0.2) is 0 Å². The fourth-order valence-electron chi connectivity index (χ4n) is 0.209. The van der Waals surface area contributed by atoms with Crippen molar-refractivity contribution in [3.8, 4) is 0 Å². The van der Waals surface area contributed by atoms with E-state index in [4.69, 9.17) is 5.11 Å². The van der Waals surface area contributed by atoms with Crippen LogP contribution in [0.2, 0.25) is 0 Å². The van der Waals surface area contributed by atoms with Crippen molar-refractivity contribution >= 4 is 0 Å². The predicted octanol–water partition coefficient (Wildman–Crippen LogP) is 0.557. The van der Waals surface area contributed by atoms with Gasteiger partial charge in [0.25, 0.3) is 0 Å². The third-order valence-corrected chi connectivity index (χ3v) is 0.353. The number of methoxy groups -OCH3 is 1. The van der Waals surface area contributed by atoms with Crippen molar-refractivity contribution in [1.82, 2.24) is 0 Å². The molecule has 0 rings (SSSR count). The van der Waals surface area contributed by atoms with E-state index in [1.54, 1.807) is 14.0 Å². The number of aliphatic hydroxyl groups is 1. The lowest BCUT2D eigenvalue weighted by Crippen LogP contribution is -1.97. The Kier molecular flexibility index (Phi) is 3.08. The van der Waals surface area contributed by atoms with Gasteiger partial charge in [0.2, 0.25) is 0 Å². The molecule has 0 aliphatic carbocycles. The van der Waals surface area contributed by atoms with Crippen molar-refractivity contribution in [2.75, 3.05) is 13.7 Å². The molecule has 6 heavy (non-hydrogen) atoms. The summed E-state index contributed by atoms with van der Waals surface area (Å²) in [4.78, 5) is 0. The van der Waals surface area contributed by atoms with Gasteiger partial charge in [0.05, 0.1) is 6.61 Å². The quantitative estimate of drug-likeness (QED) is 0.535. The molecular formula is C4H9O2. The normalized spacial score (nSPS) is 10.0. The van der Waals surface area contributed by atoms with Crippen LogP contribution in [0.5, 0.6) is 0 Å². The molecule has 0 aliphatic heterocycles. The maximum Gasteiger partial charge on any atom is 0.116 e. The summed E-state index contributed by atoms with van der Waals surface area (Å²) < 4.78 is 4.52. The van der Waals surface area contributed by atoms with Crippen LogP contribution in [-0.4, -0.2) is 18.8 Å².